The first-order valence-corrected chi connectivity index (χ1v) is 12.1. The van der Waals surface area contributed by atoms with Gasteiger partial charge in [-0.15, -0.1) is 0 Å². The van der Waals surface area contributed by atoms with E-state index < -0.39 is 17.9 Å². The molecule has 0 spiro atoms. The minimum Gasteiger partial charge on any atom is -0.496 e. The Morgan fingerprint density at radius 1 is 1.17 bits per heavy atom. The van der Waals surface area contributed by atoms with E-state index in [1.54, 1.807) is 24.3 Å². The molecule has 35 heavy (non-hydrogen) atoms. The molecule has 1 heterocycles. The first-order valence-electron chi connectivity index (χ1n) is 12.1. The second kappa shape index (κ2) is 10.9. The Labute approximate surface area is 204 Å². The highest BCUT2D eigenvalue weighted by Crippen LogP contribution is 2.41. The van der Waals surface area contributed by atoms with Crippen LogP contribution in [-0.4, -0.2) is 43.0 Å². The predicted molar refractivity (Wildman–Crippen MR) is 129 cm³/mol. The summed E-state index contributed by atoms with van der Waals surface area (Å²) in [6.45, 7) is 2.80. The molecule has 0 atom stereocenters. The van der Waals surface area contributed by atoms with Crippen LogP contribution in [-0.2, 0) is 20.9 Å². The number of aliphatic carboxylic acids is 1. The molecule has 8 heteroatoms. The van der Waals surface area contributed by atoms with E-state index in [1.807, 2.05) is 13.0 Å². The molecule has 0 amide bonds. The third kappa shape index (κ3) is 5.59. The fraction of sp³-hybridized carbons (Fsp3) is 0.519. The molecule has 0 radical (unpaired) electrons. The van der Waals surface area contributed by atoms with Gasteiger partial charge in [0.05, 0.1) is 25.4 Å². The maximum Gasteiger partial charge on any atom is 0.329 e. The van der Waals surface area contributed by atoms with E-state index in [0.29, 0.717) is 42.9 Å². The van der Waals surface area contributed by atoms with Crippen LogP contribution < -0.4 is 10.1 Å². The van der Waals surface area contributed by atoms with Crippen molar-refractivity contribution >= 4 is 11.7 Å². The van der Waals surface area contributed by atoms with Crippen molar-refractivity contribution in [2.24, 2.45) is 0 Å². The van der Waals surface area contributed by atoms with Gasteiger partial charge in [-0.05, 0) is 60.2 Å². The molecule has 6 nitrogen and oxygen atoms in total. The van der Waals surface area contributed by atoms with Crippen molar-refractivity contribution in [3.63, 3.8) is 0 Å². The quantitative estimate of drug-likeness (QED) is 0.442. The summed E-state index contributed by atoms with van der Waals surface area (Å²) >= 11 is 0. The van der Waals surface area contributed by atoms with Crippen molar-refractivity contribution in [3.05, 3.63) is 47.0 Å². The van der Waals surface area contributed by atoms with Gasteiger partial charge < -0.3 is 24.6 Å². The van der Waals surface area contributed by atoms with Crippen molar-refractivity contribution in [3.8, 4) is 16.9 Å². The largest absolute Gasteiger partial charge is 0.496 e. The number of halogens is 2. The van der Waals surface area contributed by atoms with Gasteiger partial charge in [0.1, 0.15) is 11.3 Å². The van der Waals surface area contributed by atoms with E-state index in [4.69, 9.17) is 14.2 Å². The SMILES string of the molecule is COc1cc(C)cc(-c2ccc(NC3(C(=O)O)CCOCC3)cc2COC2CCCC2)c1C(F)F. The summed E-state index contributed by atoms with van der Waals surface area (Å²) in [5, 5.41) is 13.1. The molecule has 1 aliphatic carbocycles. The molecule has 1 aliphatic heterocycles. The van der Waals surface area contributed by atoms with Crippen LogP contribution in [0.1, 0.15) is 61.6 Å². The number of hydrogen-bond acceptors (Lipinski definition) is 5. The smallest absolute Gasteiger partial charge is 0.329 e. The van der Waals surface area contributed by atoms with E-state index in [2.05, 4.69) is 5.32 Å². The van der Waals surface area contributed by atoms with Crippen LogP contribution in [0, 0.1) is 6.92 Å². The van der Waals surface area contributed by atoms with Crippen molar-refractivity contribution in [2.45, 2.75) is 70.1 Å². The minimum absolute atomic E-state index is 0.141. The Kier molecular flexibility index (Phi) is 7.91. The number of nitrogens with one attached hydrogen (secondary N) is 1. The summed E-state index contributed by atoms with van der Waals surface area (Å²) in [6, 6.07) is 8.69. The van der Waals surface area contributed by atoms with Crippen LogP contribution >= 0.6 is 0 Å². The predicted octanol–water partition coefficient (Wildman–Crippen LogP) is 6.11. The first-order chi connectivity index (χ1) is 16.8. The minimum atomic E-state index is -2.72. The van der Waals surface area contributed by atoms with Crippen LogP contribution in [0.15, 0.2) is 30.3 Å². The lowest BCUT2D eigenvalue weighted by Gasteiger charge is -2.35. The maximum absolute atomic E-state index is 14.2. The lowest BCUT2D eigenvalue weighted by molar-refractivity contribution is -0.145. The van der Waals surface area contributed by atoms with E-state index in [-0.39, 0.29) is 24.0 Å². The Balaban J connectivity index is 1.76. The molecule has 190 valence electrons. The number of rotatable bonds is 9. The molecule has 1 saturated carbocycles. The third-order valence-corrected chi connectivity index (χ3v) is 7.04. The third-order valence-electron chi connectivity index (χ3n) is 7.04. The highest BCUT2D eigenvalue weighted by atomic mass is 19.3. The van der Waals surface area contributed by atoms with E-state index in [9.17, 15) is 18.7 Å². The number of hydrogen-bond donors (Lipinski definition) is 2. The van der Waals surface area contributed by atoms with Gasteiger partial charge in [-0.25, -0.2) is 13.6 Å². The van der Waals surface area contributed by atoms with Crippen molar-refractivity contribution in [1.82, 2.24) is 0 Å². The van der Waals surface area contributed by atoms with Gasteiger partial charge in [-0.1, -0.05) is 25.0 Å². The number of carboxylic acids is 1. The molecule has 4 rings (SSSR count). The highest BCUT2D eigenvalue weighted by Gasteiger charge is 2.40. The normalized spacial score (nSPS) is 18.1. The van der Waals surface area contributed by atoms with Crippen LogP contribution in [0.3, 0.4) is 0 Å². The summed E-state index contributed by atoms with van der Waals surface area (Å²) in [5.74, 6) is -0.788. The van der Waals surface area contributed by atoms with Crippen LogP contribution in [0.5, 0.6) is 5.75 Å². The average molecular weight is 490 g/mol. The molecule has 2 aromatic carbocycles. The maximum atomic E-state index is 14.2. The molecule has 1 saturated heterocycles. The molecular formula is C27H33F2NO5. The molecule has 2 fully saturated rings. The summed E-state index contributed by atoms with van der Waals surface area (Å²) in [5.41, 5.74) is 1.87. The lowest BCUT2D eigenvalue weighted by atomic mass is 9.89. The van der Waals surface area contributed by atoms with Gasteiger partial charge in [0.15, 0.2) is 0 Å². The molecular weight excluding hydrogens is 456 g/mol. The number of ether oxygens (including phenoxy) is 3. The number of carboxylic acid groups (broad SMARTS) is 1. The topological polar surface area (TPSA) is 77.0 Å². The van der Waals surface area contributed by atoms with Crippen molar-refractivity contribution < 1.29 is 32.9 Å². The zero-order valence-electron chi connectivity index (χ0n) is 20.2. The Hall–Kier alpha value is -2.71. The highest BCUT2D eigenvalue weighted by molar-refractivity contribution is 5.84. The van der Waals surface area contributed by atoms with E-state index in [0.717, 1.165) is 36.8 Å². The van der Waals surface area contributed by atoms with Crippen molar-refractivity contribution in [2.75, 3.05) is 25.6 Å². The Morgan fingerprint density at radius 2 is 1.89 bits per heavy atom. The van der Waals surface area contributed by atoms with Gasteiger partial charge in [0, 0.05) is 31.7 Å². The zero-order valence-corrected chi connectivity index (χ0v) is 20.2. The molecule has 0 bridgehead atoms. The molecule has 2 aromatic rings. The van der Waals surface area contributed by atoms with Crippen LogP contribution in [0.4, 0.5) is 14.5 Å². The second-order valence-corrected chi connectivity index (χ2v) is 9.44. The summed E-state index contributed by atoms with van der Waals surface area (Å²) in [6.07, 6.45) is 2.29. The van der Waals surface area contributed by atoms with Crippen molar-refractivity contribution in [1.29, 1.82) is 0 Å². The Morgan fingerprint density at radius 3 is 2.51 bits per heavy atom. The van der Waals surface area contributed by atoms with Gasteiger partial charge in [0.25, 0.3) is 6.43 Å². The molecule has 0 unspecified atom stereocenters. The average Bonchev–Trinajstić information content (AvgIpc) is 3.36. The van der Waals surface area contributed by atoms with Gasteiger partial charge in [-0.2, -0.15) is 0 Å². The Bertz CT molecular complexity index is 1050. The summed E-state index contributed by atoms with van der Waals surface area (Å²) < 4.78 is 45.2. The number of aryl methyl sites for hydroxylation is 1. The standard InChI is InChI=1S/C27H33F2NO5/c1-17-13-22(24(25(28)29)23(14-17)33-2)21-8-7-19(15-18(21)16-35-20-5-3-4-6-20)30-27(26(31)32)9-11-34-12-10-27/h7-8,13-15,20,25,30H,3-6,9-12,16H2,1-2H3,(H,31,32). The number of benzene rings is 2. The van der Waals surface area contributed by atoms with E-state index in [1.165, 1.54) is 7.11 Å². The fourth-order valence-corrected chi connectivity index (χ4v) is 5.09. The number of anilines is 1. The molecule has 2 N–H and O–H groups in total. The summed E-state index contributed by atoms with van der Waals surface area (Å²) in [4.78, 5) is 12.1. The van der Waals surface area contributed by atoms with Gasteiger partial charge >= 0.3 is 5.97 Å². The number of methoxy groups -OCH3 is 1. The second-order valence-electron chi connectivity index (χ2n) is 9.44. The fourth-order valence-electron chi connectivity index (χ4n) is 5.09. The zero-order chi connectivity index (χ0) is 25.0. The summed E-state index contributed by atoms with van der Waals surface area (Å²) in [7, 11) is 1.39. The molecule has 0 aromatic heterocycles. The van der Waals surface area contributed by atoms with Crippen LogP contribution in [0.2, 0.25) is 0 Å². The van der Waals surface area contributed by atoms with Gasteiger partial charge in [0.2, 0.25) is 0 Å². The molecule has 2 aliphatic rings. The van der Waals surface area contributed by atoms with Crippen LogP contribution in [0.25, 0.3) is 11.1 Å². The monoisotopic (exact) mass is 489 g/mol. The number of carbonyl (C=O) groups is 1. The first kappa shape index (κ1) is 25.4. The lowest BCUT2D eigenvalue weighted by Crippen LogP contribution is -2.50. The number of alkyl halides is 2. The van der Waals surface area contributed by atoms with E-state index >= 15 is 0 Å². The van der Waals surface area contributed by atoms with Gasteiger partial charge in [-0.3, -0.25) is 0 Å².